The van der Waals surface area contributed by atoms with Crippen LogP contribution < -0.4 is 11.1 Å². The van der Waals surface area contributed by atoms with Crippen molar-refractivity contribution in [1.29, 1.82) is 0 Å². The molecule has 0 unspecified atom stereocenters. The average molecular weight is 409 g/mol. The molecule has 0 N–H and O–H groups in total. The van der Waals surface area contributed by atoms with Crippen molar-refractivity contribution in [2.45, 2.75) is 39.4 Å². The van der Waals surface area contributed by atoms with Gasteiger partial charge in [-0.25, -0.2) is 4.68 Å². The fourth-order valence-corrected chi connectivity index (χ4v) is 5.50. The Bertz CT molecular complexity index is 1170. The van der Waals surface area contributed by atoms with Crippen LogP contribution in [-0.2, 0) is 19.6 Å². The Morgan fingerprint density at radius 2 is 1.76 bits per heavy atom. The van der Waals surface area contributed by atoms with Crippen LogP contribution in [0.25, 0.3) is 0 Å². The molecule has 2 atom stereocenters. The highest BCUT2D eigenvalue weighted by atomic mass is 32.1. The summed E-state index contributed by atoms with van der Waals surface area (Å²) in [5.74, 6) is 1.34. The molecule has 0 saturated carbocycles. The maximum atomic E-state index is 12.7. The van der Waals surface area contributed by atoms with Crippen LogP contribution in [0.1, 0.15) is 32.6 Å². The number of aromatic nitrogens is 3. The fourth-order valence-electron chi connectivity index (χ4n) is 4.57. The van der Waals surface area contributed by atoms with Crippen molar-refractivity contribution in [2.24, 2.45) is 5.92 Å². The van der Waals surface area contributed by atoms with Crippen molar-refractivity contribution in [3.05, 3.63) is 83.8 Å². The Hall–Kier alpha value is -2.51. The summed E-state index contributed by atoms with van der Waals surface area (Å²) >= 11 is 1.84. The minimum absolute atomic E-state index is 0.216. The third kappa shape index (κ3) is 3.38. The third-order valence-corrected chi connectivity index (χ3v) is 7.04. The number of benzene rings is 1. The lowest BCUT2D eigenvalue weighted by Crippen LogP contribution is -2.44. The van der Waals surface area contributed by atoms with E-state index in [0.29, 0.717) is 19.0 Å². The smallest absolute Gasteiger partial charge is 0.297 e. The minimum atomic E-state index is -0.528. The standard InChI is InChI=1S/C22H24N4O2S/c1-14-3-6-16(7-4-14)9-26-22(28)21(27)25-11-17-10-24(13-19(17)20(25)23-26)12-18-8-5-15(2)29-18/h3-8,17,19H,9-13H2,1-2H3/t17-,19-/m1/s1. The zero-order chi connectivity index (χ0) is 20.1. The second kappa shape index (κ2) is 7.07. The summed E-state index contributed by atoms with van der Waals surface area (Å²) in [5, 5.41) is 4.66. The number of hydrogen-bond acceptors (Lipinski definition) is 5. The lowest BCUT2D eigenvalue weighted by Gasteiger charge is -2.17. The van der Waals surface area contributed by atoms with Gasteiger partial charge in [-0.05, 0) is 31.5 Å². The number of likely N-dealkylation sites (tertiary alicyclic amines) is 1. The second-order valence-corrected chi connectivity index (χ2v) is 9.67. The van der Waals surface area contributed by atoms with Crippen LogP contribution in [0.2, 0.25) is 0 Å². The first-order chi connectivity index (χ1) is 14.0. The predicted octanol–water partition coefficient (Wildman–Crippen LogP) is 2.36. The monoisotopic (exact) mass is 408 g/mol. The van der Waals surface area contributed by atoms with Crippen molar-refractivity contribution in [3.8, 4) is 0 Å². The first-order valence-electron chi connectivity index (χ1n) is 10.0. The van der Waals surface area contributed by atoms with Gasteiger partial charge >= 0.3 is 11.1 Å². The highest BCUT2D eigenvalue weighted by Gasteiger charge is 2.42. The molecule has 0 spiro atoms. The molecule has 0 bridgehead atoms. The Labute approximate surface area is 173 Å². The van der Waals surface area contributed by atoms with E-state index in [9.17, 15) is 9.59 Å². The number of rotatable bonds is 4. The van der Waals surface area contributed by atoms with Gasteiger partial charge in [0.05, 0.1) is 6.54 Å². The van der Waals surface area contributed by atoms with Crippen LogP contribution in [0.5, 0.6) is 0 Å². The molecule has 0 radical (unpaired) electrons. The number of nitrogens with zero attached hydrogens (tertiary/aromatic N) is 4. The Balaban J connectivity index is 1.41. The summed E-state index contributed by atoms with van der Waals surface area (Å²) in [6, 6.07) is 12.4. The topological polar surface area (TPSA) is 60.1 Å². The molecular weight excluding hydrogens is 384 g/mol. The summed E-state index contributed by atoms with van der Waals surface area (Å²) in [4.78, 5) is 30.4. The van der Waals surface area contributed by atoms with Crippen LogP contribution >= 0.6 is 11.3 Å². The van der Waals surface area contributed by atoms with Crippen molar-refractivity contribution in [2.75, 3.05) is 13.1 Å². The van der Waals surface area contributed by atoms with E-state index < -0.39 is 11.1 Å². The molecule has 2 aliphatic rings. The highest BCUT2D eigenvalue weighted by molar-refractivity contribution is 7.11. The highest BCUT2D eigenvalue weighted by Crippen LogP contribution is 2.38. The van der Waals surface area contributed by atoms with Crippen LogP contribution in [-0.4, -0.2) is 32.3 Å². The molecule has 150 valence electrons. The van der Waals surface area contributed by atoms with Gasteiger partial charge in [-0.3, -0.25) is 19.1 Å². The summed E-state index contributed by atoms with van der Waals surface area (Å²) in [7, 11) is 0. The third-order valence-electron chi connectivity index (χ3n) is 6.06. The molecule has 29 heavy (non-hydrogen) atoms. The summed E-state index contributed by atoms with van der Waals surface area (Å²) in [6.45, 7) is 7.86. The molecular formula is C22H24N4O2S. The van der Waals surface area contributed by atoms with Crippen molar-refractivity contribution in [1.82, 2.24) is 19.2 Å². The Morgan fingerprint density at radius 1 is 0.966 bits per heavy atom. The number of fused-ring (bicyclic) bond motifs is 3. The summed E-state index contributed by atoms with van der Waals surface area (Å²) in [5.41, 5.74) is 1.18. The largest absolute Gasteiger partial charge is 0.332 e. The number of aryl methyl sites for hydroxylation is 2. The van der Waals surface area contributed by atoms with E-state index in [0.717, 1.165) is 36.6 Å². The summed E-state index contributed by atoms with van der Waals surface area (Å²) in [6.07, 6.45) is 0. The molecule has 4 heterocycles. The first kappa shape index (κ1) is 18.5. The van der Waals surface area contributed by atoms with Gasteiger partial charge in [0.25, 0.3) is 0 Å². The molecule has 0 aliphatic carbocycles. The van der Waals surface area contributed by atoms with Crippen LogP contribution in [0, 0.1) is 19.8 Å². The molecule has 1 aromatic carbocycles. The number of thiophene rings is 1. The van der Waals surface area contributed by atoms with Gasteiger partial charge in [0.1, 0.15) is 5.82 Å². The van der Waals surface area contributed by atoms with E-state index >= 15 is 0 Å². The zero-order valence-electron chi connectivity index (χ0n) is 16.7. The molecule has 1 saturated heterocycles. The van der Waals surface area contributed by atoms with Gasteiger partial charge in [-0.15, -0.1) is 11.3 Å². The first-order valence-corrected chi connectivity index (χ1v) is 10.8. The van der Waals surface area contributed by atoms with E-state index in [1.807, 2.05) is 42.5 Å². The van der Waals surface area contributed by atoms with Gasteiger partial charge in [-0.1, -0.05) is 29.8 Å². The lowest BCUT2D eigenvalue weighted by atomic mass is 10.00. The van der Waals surface area contributed by atoms with Gasteiger partial charge in [-0.2, -0.15) is 5.10 Å². The Kier molecular flexibility index (Phi) is 4.52. The van der Waals surface area contributed by atoms with Gasteiger partial charge in [0.15, 0.2) is 0 Å². The molecule has 5 rings (SSSR count). The predicted molar refractivity (Wildman–Crippen MR) is 114 cm³/mol. The van der Waals surface area contributed by atoms with E-state index in [-0.39, 0.29) is 5.92 Å². The molecule has 6 nitrogen and oxygen atoms in total. The molecule has 1 fully saturated rings. The molecule has 2 aliphatic heterocycles. The van der Waals surface area contributed by atoms with Gasteiger partial charge in [0, 0.05) is 47.8 Å². The van der Waals surface area contributed by atoms with E-state index in [1.54, 1.807) is 4.57 Å². The number of hydrogen-bond donors (Lipinski definition) is 0. The minimum Gasteiger partial charge on any atom is -0.297 e. The molecule has 2 aromatic heterocycles. The maximum absolute atomic E-state index is 12.7. The lowest BCUT2D eigenvalue weighted by molar-refractivity contribution is 0.306. The van der Waals surface area contributed by atoms with E-state index in [1.165, 1.54) is 14.4 Å². The Morgan fingerprint density at radius 3 is 2.48 bits per heavy atom. The molecule has 0 amide bonds. The van der Waals surface area contributed by atoms with Crippen molar-refractivity contribution < 1.29 is 0 Å². The van der Waals surface area contributed by atoms with Gasteiger partial charge < -0.3 is 0 Å². The SMILES string of the molecule is Cc1ccc(Cn2nc3n(c(=O)c2=O)C[C@H]2CN(Cc4ccc(C)s4)C[C@@H]32)cc1. The summed E-state index contributed by atoms with van der Waals surface area (Å²) < 4.78 is 2.97. The van der Waals surface area contributed by atoms with Crippen LogP contribution in [0.4, 0.5) is 0 Å². The molecule has 3 aromatic rings. The van der Waals surface area contributed by atoms with Crippen molar-refractivity contribution >= 4 is 11.3 Å². The molecule has 7 heteroatoms. The zero-order valence-corrected chi connectivity index (χ0v) is 17.5. The fraction of sp³-hybridized carbons (Fsp3) is 0.409. The quantitative estimate of drug-likeness (QED) is 0.622. The van der Waals surface area contributed by atoms with Crippen LogP contribution in [0.3, 0.4) is 0 Å². The second-order valence-electron chi connectivity index (χ2n) is 8.30. The van der Waals surface area contributed by atoms with Gasteiger partial charge in [0.2, 0.25) is 0 Å². The van der Waals surface area contributed by atoms with E-state index in [2.05, 4.69) is 29.1 Å². The maximum Gasteiger partial charge on any atom is 0.332 e. The van der Waals surface area contributed by atoms with Crippen LogP contribution in [0.15, 0.2) is 46.0 Å². The average Bonchev–Trinajstić information content (AvgIpc) is 3.37. The van der Waals surface area contributed by atoms with E-state index in [4.69, 9.17) is 0 Å². The normalized spacial score (nSPS) is 20.8. The van der Waals surface area contributed by atoms with Crippen molar-refractivity contribution in [3.63, 3.8) is 0 Å².